The fourth-order valence-corrected chi connectivity index (χ4v) is 4.04. The van der Waals surface area contributed by atoms with Gasteiger partial charge in [0.1, 0.15) is 5.82 Å². The summed E-state index contributed by atoms with van der Waals surface area (Å²) in [5.41, 5.74) is 6.84. The van der Waals surface area contributed by atoms with E-state index in [2.05, 4.69) is 45.4 Å². The Morgan fingerprint density at radius 3 is 2.74 bits per heavy atom. The summed E-state index contributed by atoms with van der Waals surface area (Å²) in [7, 11) is 2.07. The van der Waals surface area contributed by atoms with Crippen LogP contribution in [0.15, 0.2) is 48.8 Å². The minimum Gasteiger partial charge on any atom is -0.331 e. The van der Waals surface area contributed by atoms with Gasteiger partial charge in [-0.2, -0.15) is 0 Å². The lowest BCUT2D eigenvalue weighted by Crippen LogP contribution is -2.03. The molecule has 4 nitrogen and oxygen atoms in total. The third-order valence-electron chi connectivity index (χ3n) is 5.49. The number of aromatic nitrogens is 4. The zero-order valence-corrected chi connectivity index (χ0v) is 16.2. The van der Waals surface area contributed by atoms with Crippen LogP contribution in [-0.2, 0) is 13.6 Å². The lowest BCUT2D eigenvalue weighted by Gasteiger charge is -2.11. The number of aryl methyl sites for hydroxylation is 2. The molecule has 0 aliphatic heterocycles. The second kappa shape index (κ2) is 6.24. The summed E-state index contributed by atoms with van der Waals surface area (Å²) >= 11 is 6.45. The molecule has 4 aromatic rings. The number of hydrogen-bond donors (Lipinski definition) is 0. The zero-order valence-electron chi connectivity index (χ0n) is 15.5. The largest absolute Gasteiger partial charge is 0.331 e. The quantitative estimate of drug-likeness (QED) is 0.483. The van der Waals surface area contributed by atoms with E-state index in [0.717, 1.165) is 34.2 Å². The summed E-state index contributed by atoms with van der Waals surface area (Å²) < 4.78 is 4.43. The molecule has 0 radical (unpaired) electrons. The summed E-state index contributed by atoms with van der Waals surface area (Å²) in [4.78, 5) is 9.35. The van der Waals surface area contributed by atoms with Gasteiger partial charge in [-0.05, 0) is 43.5 Å². The van der Waals surface area contributed by atoms with Gasteiger partial charge in [0.25, 0.3) is 0 Å². The van der Waals surface area contributed by atoms with Crippen molar-refractivity contribution in [3.8, 4) is 11.3 Å². The van der Waals surface area contributed by atoms with Gasteiger partial charge in [-0.3, -0.25) is 0 Å². The number of nitrogens with zero attached hydrogens (tertiary/aromatic N) is 4. The zero-order chi connectivity index (χ0) is 18.5. The third-order valence-corrected chi connectivity index (χ3v) is 5.82. The topological polar surface area (TPSA) is 35.6 Å². The predicted molar refractivity (Wildman–Crippen MR) is 109 cm³/mol. The van der Waals surface area contributed by atoms with Crippen LogP contribution in [0.4, 0.5) is 0 Å². The van der Waals surface area contributed by atoms with Crippen molar-refractivity contribution in [2.45, 2.75) is 32.2 Å². The van der Waals surface area contributed by atoms with Crippen molar-refractivity contribution in [1.29, 1.82) is 0 Å². The van der Waals surface area contributed by atoms with Gasteiger partial charge in [-0.25, -0.2) is 9.97 Å². The van der Waals surface area contributed by atoms with E-state index in [4.69, 9.17) is 16.6 Å². The Balaban J connectivity index is 1.56. The predicted octanol–water partition coefficient (Wildman–Crippen LogP) is 5.32. The Morgan fingerprint density at radius 2 is 1.96 bits per heavy atom. The summed E-state index contributed by atoms with van der Waals surface area (Å²) in [5, 5.41) is 0.761. The van der Waals surface area contributed by atoms with E-state index in [9.17, 15) is 0 Å². The van der Waals surface area contributed by atoms with E-state index in [0.29, 0.717) is 5.92 Å². The Kier molecular flexibility index (Phi) is 3.83. The first-order valence-corrected chi connectivity index (χ1v) is 9.71. The van der Waals surface area contributed by atoms with Crippen molar-refractivity contribution in [3.05, 3.63) is 70.9 Å². The Hall–Kier alpha value is -2.59. The van der Waals surface area contributed by atoms with Crippen LogP contribution in [0.5, 0.6) is 0 Å². The van der Waals surface area contributed by atoms with E-state index in [-0.39, 0.29) is 0 Å². The van der Waals surface area contributed by atoms with E-state index in [1.165, 1.54) is 29.6 Å². The fourth-order valence-electron chi connectivity index (χ4n) is 3.81. The van der Waals surface area contributed by atoms with Crippen molar-refractivity contribution in [2.24, 2.45) is 7.05 Å². The Morgan fingerprint density at radius 1 is 1.15 bits per heavy atom. The Labute approximate surface area is 163 Å². The standard InChI is InChI=1S/C22H21ClN4/c1-14-25-19-10-7-15(11-20(19)26(14)2)12-27-13-24-21(22(27)16-8-9-16)17-5-3-4-6-18(17)23/h3-7,10-11,13,16H,8-9,12H2,1-2H3. The van der Waals surface area contributed by atoms with E-state index < -0.39 is 0 Å². The normalized spacial score (nSPS) is 14.2. The molecule has 2 aromatic heterocycles. The minimum absolute atomic E-state index is 0.585. The molecule has 1 aliphatic rings. The van der Waals surface area contributed by atoms with Gasteiger partial charge in [0.15, 0.2) is 0 Å². The van der Waals surface area contributed by atoms with E-state index >= 15 is 0 Å². The number of imidazole rings is 2. The van der Waals surface area contributed by atoms with Crippen molar-refractivity contribution < 1.29 is 0 Å². The summed E-state index contributed by atoms with van der Waals surface area (Å²) in [6.45, 7) is 2.85. The van der Waals surface area contributed by atoms with Gasteiger partial charge >= 0.3 is 0 Å². The smallest absolute Gasteiger partial charge is 0.106 e. The molecule has 5 rings (SSSR count). The second-order valence-corrected chi connectivity index (χ2v) is 7.81. The molecular weight excluding hydrogens is 356 g/mol. The van der Waals surface area contributed by atoms with Gasteiger partial charge in [0.05, 0.1) is 28.1 Å². The first-order valence-electron chi connectivity index (χ1n) is 9.33. The third kappa shape index (κ3) is 2.85. The molecule has 1 saturated carbocycles. The van der Waals surface area contributed by atoms with Crippen LogP contribution in [0.3, 0.4) is 0 Å². The van der Waals surface area contributed by atoms with E-state index in [1.807, 2.05) is 31.5 Å². The highest BCUT2D eigenvalue weighted by molar-refractivity contribution is 6.33. The van der Waals surface area contributed by atoms with Crippen LogP contribution >= 0.6 is 11.6 Å². The summed E-state index contributed by atoms with van der Waals surface area (Å²) in [6, 6.07) is 14.5. The molecule has 0 unspecified atom stereocenters. The highest BCUT2D eigenvalue weighted by atomic mass is 35.5. The van der Waals surface area contributed by atoms with Gasteiger partial charge < -0.3 is 9.13 Å². The highest BCUT2D eigenvalue weighted by Gasteiger charge is 2.31. The molecule has 0 amide bonds. The van der Waals surface area contributed by atoms with Gasteiger partial charge in [0.2, 0.25) is 0 Å². The SMILES string of the molecule is Cc1nc2ccc(Cn3cnc(-c4ccccc4Cl)c3C3CC3)cc2n1C. The van der Waals surface area contributed by atoms with Gasteiger partial charge in [0, 0.05) is 30.8 Å². The number of hydrogen-bond acceptors (Lipinski definition) is 2. The lowest BCUT2D eigenvalue weighted by molar-refractivity contribution is 0.743. The van der Waals surface area contributed by atoms with Gasteiger partial charge in [-0.1, -0.05) is 35.9 Å². The molecule has 5 heteroatoms. The van der Waals surface area contributed by atoms with Crippen molar-refractivity contribution in [2.75, 3.05) is 0 Å². The number of fused-ring (bicyclic) bond motifs is 1. The minimum atomic E-state index is 0.585. The molecule has 0 atom stereocenters. The first-order chi connectivity index (χ1) is 13.1. The van der Waals surface area contributed by atoms with Crippen LogP contribution in [0.2, 0.25) is 5.02 Å². The summed E-state index contributed by atoms with van der Waals surface area (Å²) in [5.74, 6) is 1.62. The molecule has 0 N–H and O–H groups in total. The maximum Gasteiger partial charge on any atom is 0.106 e. The van der Waals surface area contributed by atoms with Crippen molar-refractivity contribution in [1.82, 2.24) is 19.1 Å². The average Bonchev–Trinajstić information content (AvgIpc) is 3.36. The second-order valence-electron chi connectivity index (χ2n) is 7.40. The molecule has 1 aliphatic carbocycles. The maximum atomic E-state index is 6.45. The lowest BCUT2D eigenvalue weighted by atomic mass is 10.1. The number of rotatable bonds is 4. The van der Waals surface area contributed by atoms with E-state index in [1.54, 1.807) is 0 Å². The molecule has 2 heterocycles. The molecule has 0 bridgehead atoms. The molecule has 0 spiro atoms. The molecule has 1 fully saturated rings. The maximum absolute atomic E-state index is 6.45. The molecule has 0 saturated heterocycles. The molecule has 136 valence electrons. The fraction of sp³-hybridized carbons (Fsp3) is 0.273. The molecule has 27 heavy (non-hydrogen) atoms. The average molecular weight is 377 g/mol. The van der Waals surface area contributed by atoms with Crippen LogP contribution in [0.25, 0.3) is 22.3 Å². The summed E-state index contributed by atoms with van der Waals surface area (Å²) in [6.07, 6.45) is 4.41. The van der Waals surface area contributed by atoms with Crippen LogP contribution in [0, 0.1) is 6.92 Å². The first kappa shape index (κ1) is 16.6. The van der Waals surface area contributed by atoms with Crippen LogP contribution < -0.4 is 0 Å². The number of halogens is 1. The highest BCUT2D eigenvalue weighted by Crippen LogP contribution is 2.45. The Bertz CT molecular complexity index is 1150. The molecular formula is C22H21ClN4. The number of benzene rings is 2. The van der Waals surface area contributed by atoms with Crippen LogP contribution in [0.1, 0.15) is 35.8 Å². The van der Waals surface area contributed by atoms with Crippen LogP contribution in [-0.4, -0.2) is 19.1 Å². The van der Waals surface area contributed by atoms with Crippen molar-refractivity contribution in [3.63, 3.8) is 0 Å². The van der Waals surface area contributed by atoms with Gasteiger partial charge in [-0.15, -0.1) is 0 Å². The van der Waals surface area contributed by atoms with Crippen molar-refractivity contribution >= 4 is 22.6 Å². The molecule has 2 aromatic carbocycles. The monoisotopic (exact) mass is 376 g/mol.